The van der Waals surface area contributed by atoms with Gasteiger partial charge in [-0.3, -0.25) is 4.79 Å². The van der Waals surface area contributed by atoms with Gasteiger partial charge in [-0.05, 0) is 60.5 Å². The molecule has 0 atom stereocenters. The van der Waals surface area contributed by atoms with Gasteiger partial charge in [0.15, 0.2) is 0 Å². The second-order valence-electron chi connectivity index (χ2n) is 6.80. The Hall–Kier alpha value is -3.72. The van der Waals surface area contributed by atoms with E-state index in [0.29, 0.717) is 12.3 Å². The topological polar surface area (TPSA) is 110 Å². The second-order valence-corrected chi connectivity index (χ2v) is 8.48. The molecule has 1 amide bonds. The molecule has 0 aliphatic carbocycles. The number of carbonyl (C=O) groups excluding carboxylic acids is 1. The van der Waals surface area contributed by atoms with Crippen molar-refractivity contribution in [2.75, 3.05) is 16.6 Å². The Labute approximate surface area is 187 Å². The number of nitrogens with one attached hydrogen (secondary N) is 2. The van der Waals surface area contributed by atoms with E-state index in [0.717, 1.165) is 24.2 Å². The SMILES string of the molecule is CCCCOc1ccc(/C=C\C(=O)Nc2ccc(S(=O)(=O)Nc3ncccn3)cc2)cc1. The van der Waals surface area contributed by atoms with E-state index in [1.165, 1.54) is 42.7 Å². The van der Waals surface area contributed by atoms with Crippen molar-refractivity contribution in [2.24, 2.45) is 0 Å². The Morgan fingerprint density at radius 3 is 2.38 bits per heavy atom. The lowest BCUT2D eigenvalue weighted by Crippen LogP contribution is -2.15. The Morgan fingerprint density at radius 1 is 1.03 bits per heavy atom. The minimum Gasteiger partial charge on any atom is -0.494 e. The molecule has 1 aromatic heterocycles. The molecule has 0 spiro atoms. The van der Waals surface area contributed by atoms with Crippen LogP contribution in [-0.2, 0) is 14.8 Å². The first kappa shape index (κ1) is 23.0. The van der Waals surface area contributed by atoms with Gasteiger partial charge in [0.25, 0.3) is 10.0 Å². The van der Waals surface area contributed by atoms with Crippen LogP contribution in [0.4, 0.5) is 11.6 Å². The summed E-state index contributed by atoms with van der Waals surface area (Å²) in [5, 5.41) is 2.70. The number of sulfonamides is 1. The number of hydrogen-bond acceptors (Lipinski definition) is 6. The van der Waals surface area contributed by atoms with E-state index in [1.807, 2.05) is 24.3 Å². The van der Waals surface area contributed by atoms with E-state index >= 15 is 0 Å². The van der Waals surface area contributed by atoms with E-state index in [4.69, 9.17) is 4.74 Å². The highest BCUT2D eigenvalue weighted by Crippen LogP contribution is 2.17. The molecule has 8 nitrogen and oxygen atoms in total. The van der Waals surface area contributed by atoms with Gasteiger partial charge in [-0.25, -0.2) is 23.1 Å². The van der Waals surface area contributed by atoms with Gasteiger partial charge >= 0.3 is 0 Å². The van der Waals surface area contributed by atoms with Crippen molar-refractivity contribution in [1.29, 1.82) is 0 Å². The van der Waals surface area contributed by atoms with Crippen molar-refractivity contribution in [1.82, 2.24) is 9.97 Å². The van der Waals surface area contributed by atoms with Crippen molar-refractivity contribution in [2.45, 2.75) is 24.7 Å². The molecule has 9 heteroatoms. The number of ether oxygens (including phenoxy) is 1. The summed E-state index contributed by atoms with van der Waals surface area (Å²) in [5.41, 5.74) is 1.33. The molecule has 166 valence electrons. The third kappa shape index (κ3) is 6.92. The molecule has 0 fully saturated rings. The summed E-state index contributed by atoms with van der Waals surface area (Å²) in [7, 11) is -3.83. The van der Waals surface area contributed by atoms with Gasteiger partial charge < -0.3 is 10.1 Å². The van der Waals surface area contributed by atoms with E-state index in [1.54, 1.807) is 12.1 Å². The van der Waals surface area contributed by atoms with Crippen LogP contribution >= 0.6 is 0 Å². The molecule has 0 unspecified atom stereocenters. The summed E-state index contributed by atoms with van der Waals surface area (Å²) in [4.78, 5) is 19.9. The zero-order valence-electron chi connectivity index (χ0n) is 17.6. The van der Waals surface area contributed by atoms with E-state index in [-0.39, 0.29) is 16.8 Å². The van der Waals surface area contributed by atoms with Crippen LogP contribution in [0.15, 0.2) is 78.0 Å². The minimum absolute atomic E-state index is 0.0180. The lowest BCUT2D eigenvalue weighted by molar-refractivity contribution is -0.111. The van der Waals surface area contributed by atoms with E-state index in [2.05, 4.69) is 26.9 Å². The number of amides is 1. The molecule has 0 aliphatic rings. The zero-order valence-corrected chi connectivity index (χ0v) is 18.4. The van der Waals surface area contributed by atoms with E-state index in [9.17, 15) is 13.2 Å². The maximum Gasteiger partial charge on any atom is 0.264 e. The van der Waals surface area contributed by atoms with Gasteiger partial charge in [0.05, 0.1) is 11.5 Å². The number of aromatic nitrogens is 2. The minimum atomic E-state index is -3.83. The fourth-order valence-electron chi connectivity index (χ4n) is 2.61. The summed E-state index contributed by atoms with van der Waals surface area (Å²) < 4.78 is 32.7. The summed E-state index contributed by atoms with van der Waals surface area (Å²) in [6.45, 7) is 2.79. The molecule has 1 heterocycles. The third-order valence-electron chi connectivity index (χ3n) is 4.30. The summed E-state index contributed by atoms with van der Waals surface area (Å²) >= 11 is 0. The molecule has 3 aromatic rings. The second kappa shape index (κ2) is 11.1. The van der Waals surface area contributed by atoms with Gasteiger partial charge in [-0.2, -0.15) is 0 Å². The van der Waals surface area contributed by atoms with Crippen LogP contribution in [0.1, 0.15) is 25.3 Å². The van der Waals surface area contributed by atoms with Crippen LogP contribution in [0.3, 0.4) is 0 Å². The fraction of sp³-hybridized carbons (Fsp3) is 0.174. The van der Waals surface area contributed by atoms with Gasteiger partial charge in [0, 0.05) is 24.2 Å². The van der Waals surface area contributed by atoms with Crippen LogP contribution < -0.4 is 14.8 Å². The summed E-state index contributed by atoms with van der Waals surface area (Å²) in [5.74, 6) is 0.443. The maximum absolute atomic E-state index is 12.4. The zero-order chi connectivity index (χ0) is 22.8. The molecule has 0 bridgehead atoms. The van der Waals surface area contributed by atoms with Crippen LogP contribution in [0.2, 0.25) is 0 Å². The van der Waals surface area contributed by atoms with Gasteiger partial charge in [0.2, 0.25) is 11.9 Å². The Balaban J connectivity index is 1.55. The summed E-state index contributed by atoms with van der Waals surface area (Å²) in [6, 6.07) is 14.8. The van der Waals surface area contributed by atoms with Crippen LogP contribution in [0.25, 0.3) is 6.08 Å². The van der Waals surface area contributed by atoms with Crippen molar-refractivity contribution >= 4 is 33.6 Å². The fourth-order valence-corrected chi connectivity index (χ4v) is 3.57. The molecule has 2 N–H and O–H groups in total. The standard InChI is InChI=1S/C23H24N4O4S/c1-2-3-17-31-20-10-5-18(6-11-20)7-14-22(28)26-19-8-12-21(13-9-19)32(29,30)27-23-24-15-4-16-25-23/h4-16H,2-3,17H2,1H3,(H,26,28)(H,24,25,27)/b14-7-. The average molecular weight is 453 g/mol. The van der Waals surface area contributed by atoms with Crippen molar-refractivity contribution in [3.63, 3.8) is 0 Å². The first-order valence-corrected chi connectivity index (χ1v) is 11.6. The number of rotatable bonds is 10. The molecule has 32 heavy (non-hydrogen) atoms. The van der Waals surface area contributed by atoms with Crippen molar-refractivity contribution < 1.29 is 17.9 Å². The lowest BCUT2D eigenvalue weighted by Gasteiger charge is -2.07. The average Bonchev–Trinajstić information content (AvgIpc) is 2.79. The molecular formula is C23H24N4O4S. The quantitative estimate of drug-likeness (QED) is 0.354. The molecule has 3 rings (SSSR count). The third-order valence-corrected chi connectivity index (χ3v) is 5.64. The molecule has 0 saturated carbocycles. The Bertz CT molecular complexity index is 1150. The van der Waals surface area contributed by atoms with Crippen molar-refractivity contribution in [3.05, 3.63) is 78.6 Å². The normalized spacial score (nSPS) is 11.3. The van der Waals surface area contributed by atoms with Crippen LogP contribution in [0, 0.1) is 0 Å². The van der Waals surface area contributed by atoms with Gasteiger partial charge in [-0.1, -0.05) is 25.5 Å². The number of anilines is 2. The molecule has 2 aromatic carbocycles. The van der Waals surface area contributed by atoms with Crippen LogP contribution in [0.5, 0.6) is 5.75 Å². The van der Waals surface area contributed by atoms with E-state index < -0.39 is 10.0 Å². The van der Waals surface area contributed by atoms with Crippen LogP contribution in [-0.4, -0.2) is 30.9 Å². The highest BCUT2D eigenvalue weighted by atomic mass is 32.2. The molecule has 0 aliphatic heterocycles. The predicted octanol–water partition coefficient (Wildman–Crippen LogP) is 4.11. The Morgan fingerprint density at radius 2 is 1.72 bits per heavy atom. The number of benzene rings is 2. The van der Waals surface area contributed by atoms with Gasteiger partial charge in [-0.15, -0.1) is 0 Å². The first-order chi connectivity index (χ1) is 15.5. The maximum atomic E-state index is 12.4. The number of unbranched alkanes of at least 4 members (excludes halogenated alkanes) is 1. The number of nitrogens with zero attached hydrogens (tertiary/aromatic N) is 2. The van der Waals surface area contributed by atoms with Gasteiger partial charge in [0.1, 0.15) is 5.75 Å². The molecular weight excluding hydrogens is 428 g/mol. The predicted molar refractivity (Wildman–Crippen MR) is 124 cm³/mol. The largest absolute Gasteiger partial charge is 0.494 e. The lowest BCUT2D eigenvalue weighted by atomic mass is 10.2. The monoisotopic (exact) mass is 452 g/mol. The highest BCUT2D eigenvalue weighted by Gasteiger charge is 2.15. The summed E-state index contributed by atoms with van der Waals surface area (Å²) in [6.07, 6.45) is 8.06. The smallest absolute Gasteiger partial charge is 0.264 e. The number of hydrogen-bond donors (Lipinski definition) is 2. The molecule has 0 radical (unpaired) electrons. The number of carbonyl (C=O) groups is 1. The first-order valence-electron chi connectivity index (χ1n) is 10.1. The van der Waals surface area contributed by atoms with Crippen molar-refractivity contribution in [3.8, 4) is 5.75 Å². The highest BCUT2D eigenvalue weighted by molar-refractivity contribution is 7.92. The Kier molecular flexibility index (Phi) is 7.93. The molecule has 0 saturated heterocycles.